The number of methoxy groups -OCH3 is 3. The number of rotatable bonds is 4. The summed E-state index contributed by atoms with van der Waals surface area (Å²) >= 11 is 0. The second-order valence-electron chi connectivity index (χ2n) is 3.61. The van der Waals surface area contributed by atoms with Gasteiger partial charge in [-0.3, -0.25) is 0 Å². The van der Waals surface area contributed by atoms with Crippen LogP contribution in [0.1, 0.15) is 25.3 Å². The minimum Gasteiger partial charge on any atom is -0.497 e. The first kappa shape index (κ1) is 11.7. The predicted octanol–water partition coefficient (Wildman–Crippen LogP) is 2.84. The molecule has 3 heteroatoms. The largest absolute Gasteiger partial charge is 0.497 e. The molecule has 0 bridgehead atoms. The minimum absolute atomic E-state index is 0.365. The summed E-state index contributed by atoms with van der Waals surface area (Å²) in [6, 6.07) is 3.80. The van der Waals surface area contributed by atoms with Crippen LogP contribution >= 0.6 is 0 Å². The number of benzene rings is 1. The molecule has 3 nitrogen and oxygen atoms in total. The molecule has 0 amide bonds. The van der Waals surface area contributed by atoms with E-state index in [4.69, 9.17) is 14.2 Å². The van der Waals surface area contributed by atoms with Crippen molar-refractivity contribution in [1.82, 2.24) is 0 Å². The van der Waals surface area contributed by atoms with Gasteiger partial charge in [-0.25, -0.2) is 0 Å². The molecular formula is C12H18O3. The highest BCUT2D eigenvalue weighted by Crippen LogP contribution is 2.39. The van der Waals surface area contributed by atoms with Crippen LogP contribution in [-0.4, -0.2) is 21.3 Å². The van der Waals surface area contributed by atoms with Crippen molar-refractivity contribution in [2.75, 3.05) is 21.3 Å². The molecule has 0 fully saturated rings. The van der Waals surface area contributed by atoms with Crippen LogP contribution in [0.4, 0.5) is 0 Å². The maximum atomic E-state index is 5.35. The van der Waals surface area contributed by atoms with Crippen molar-refractivity contribution in [3.05, 3.63) is 17.7 Å². The Morgan fingerprint density at radius 2 is 1.60 bits per heavy atom. The molecular weight excluding hydrogens is 192 g/mol. The zero-order valence-electron chi connectivity index (χ0n) is 9.96. The topological polar surface area (TPSA) is 27.7 Å². The van der Waals surface area contributed by atoms with Crippen molar-refractivity contribution >= 4 is 0 Å². The van der Waals surface area contributed by atoms with Gasteiger partial charge in [0.2, 0.25) is 0 Å². The van der Waals surface area contributed by atoms with Gasteiger partial charge in [-0.05, 0) is 12.0 Å². The number of ether oxygens (including phenoxy) is 3. The van der Waals surface area contributed by atoms with E-state index < -0.39 is 0 Å². The molecule has 0 aliphatic heterocycles. The maximum Gasteiger partial charge on any atom is 0.164 e. The SMILES string of the molecule is COc1cc(OC)c(OC)c(C(C)C)c1. The van der Waals surface area contributed by atoms with Gasteiger partial charge in [-0.1, -0.05) is 13.8 Å². The smallest absolute Gasteiger partial charge is 0.164 e. The number of hydrogen-bond acceptors (Lipinski definition) is 3. The highest BCUT2D eigenvalue weighted by Gasteiger charge is 2.15. The molecule has 1 rings (SSSR count). The average molecular weight is 210 g/mol. The highest BCUT2D eigenvalue weighted by molar-refractivity contribution is 5.52. The van der Waals surface area contributed by atoms with E-state index in [9.17, 15) is 0 Å². The Bertz CT molecular complexity index is 332. The van der Waals surface area contributed by atoms with Crippen LogP contribution in [0, 0.1) is 0 Å². The summed E-state index contributed by atoms with van der Waals surface area (Å²) in [4.78, 5) is 0. The lowest BCUT2D eigenvalue weighted by atomic mass is 10.0. The monoisotopic (exact) mass is 210 g/mol. The summed E-state index contributed by atoms with van der Waals surface area (Å²) in [5, 5.41) is 0. The van der Waals surface area contributed by atoms with Crippen LogP contribution in [0.5, 0.6) is 17.2 Å². The summed E-state index contributed by atoms with van der Waals surface area (Å²) in [5.74, 6) is 2.65. The molecule has 0 N–H and O–H groups in total. The Kier molecular flexibility index (Phi) is 3.83. The van der Waals surface area contributed by atoms with Gasteiger partial charge in [0, 0.05) is 11.6 Å². The zero-order chi connectivity index (χ0) is 11.4. The van der Waals surface area contributed by atoms with E-state index >= 15 is 0 Å². The van der Waals surface area contributed by atoms with E-state index in [0.717, 1.165) is 17.1 Å². The highest BCUT2D eigenvalue weighted by atomic mass is 16.5. The molecule has 0 unspecified atom stereocenters. The van der Waals surface area contributed by atoms with E-state index in [1.807, 2.05) is 12.1 Å². The van der Waals surface area contributed by atoms with Crippen molar-refractivity contribution in [1.29, 1.82) is 0 Å². The predicted molar refractivity (Wildman–Crippen MR) is 60.2 cm³/mol. The van der Waals surface area contributed by atoms with Crippen LogP contribution in [-0.2, 0) is 0 Å². The van der Waals surface area contributed by atoms with Crippen molar-refractivity contribution in [2.45, 2.75) is 19.8 Å². The maximum absolute atomic E-state index is 5.35. The van der Waals surface area contributed by atoms with Crippen LogP contribution in [0.25, 0.3) is 0 Å². The fourth-order valence-electron chi connectivity index (χ4n) is 1.51. The van der Waals surface area contributed by atoms with Crippen LogP contribution in [0.15, 0.2) is 12.1 Å². The first-order chi connectivity index (χ1) is 7.13. The van der Waals surface area contributed by atoms with E-state index in [0.29, 0.717) is 11.7 Å². The fraction of sp³-hybridized carbons (Fsp3) is 0.500. The van der Waals surface area contributed by atoms with Crippen LogP contribution in [0.2, 0.25) is 0 Å². The second kappa shape index (κ2) is 4.91. The van der Waals surface area contributed by atoms with Gasteiger partial charge in [0.25, 0.3) is 0 Å². The van der Waals surface area contributed by atoms with Crippen molar-refractivity contribution in [3.8, 4) is 17.2 Å². The molecule has 0 aliphatic carbocycles. The van der Waals surface area contributed by atoms with Crippen molar-refractivity contribution in [3.63, 3.8) is 0 Å². The normalized spacial score (nSPS) is 10.3. The Morgan fingerprint density at radius 1 is 0.933 bits per heavy atom. The van der Waals surface area contributed by atoms with E-state index in [-0.39, 0.29) is 0 Å². The summed E-state index contributed by atoms with van der Waals surface area (Å²) in [6.45, 7) is 4.22. The first-order valence-electron chi connectivity index (χ1n) is 4.94. The Morgan fingerprint density at radius 3 is 2.00 bits per heavy atom. The molecule has 0 heterocycles. The molecule has 0 aromatic heterocycles. The van der Waals surface area contributed by atoms with Gasteiger partial charge in [0.1, 0.15) is 5.75 Å². The fourth-order valence-corrected chi connectivity index (χ4v) is 1.51. The van der Waals surface area contributed by atoms with Crippen LogP contribution in [0.3, 0.4) is 0 Å². The Balaban J connectivity index is 3.32. The van der Waals surface area contributed by atoms with E-state index in [1.165, 1.54) is 0 Å². The third-order valence-corrected chi connectivity index (χ3v) is 2.34. The van der Waals surface area contributed by atoms with Gasteiger partial charge in [-0.2, -0.15) is 0 Å². The molecule has 84 valence electrons. The van der Waals surface area contributed by atoms with Gasteiger partial charge in [-0.15, -0.1) is 0 Å². The Hall–Kier alpha value is -1.38. The molecule has 1 aromatic rings. The summed E-state index contributed by atoms with van der Waals surface area (Å²) < 4.78 is 15.8. The van der Waals surface area contributed by atoms with Crippen molar-refractivity contribution < 1.29 is 14.2 Å². The standard InChI is InChI=1S/C12H18O3/c1-8(2)10-6-9(13-3)7-11(14-4)12(10)15-5/h6-8H,1-5H3. The van der Waals surface area contributed by atoms with Gasteiger partial charge >= 0.3 is 0 Å². The Labute approximate surface area is 91.0 Å². The molecule has 15 heavy (non-hydrogen) atoms. The third kappa shape index (κ3) is 2.35. The molecule has 1 aromatic carbocycles. The van der Waals surface area contributed by atoms with Gasteiger partial charge < -0.3 is 14.2 Å². The molecule has 0 saturated carbocycles. The lowest BCUT2D eigenvalue weighted by molar-refractivity contribution is 0.344. The molecule has 0 saturated heterocycles. The molecule has 0 spiro atoms. The van der Waals surface area contributed by atoms with Gasteiger partial charge in [0.15, 0.2) is 11.5 Å². The molecule has 0 radical (unpaired) electrons. The van der Waals surface area contributed by atoms with Crippen molar-refractivity contribution in [2.24, 2.45) is 0 Å². The lowest BCUT2D eigenvalue weighted by Crippen LogP contribution is -1.99. The quantitative estimate of drug-likeness (QED) is 0.764. The van der Waals surface area contributed by atoms with E-state index in [1.54, 1.807) is 21.3 Å². The lowest BCUT2D eigenvalue weighted by Gasteiger charge is -2.16. The second-order valence-corrected chi connectivity index (χ2v) is 3.61. The third-order valence-electron chi connectivity index (χ3n) is 2.34. The van der Waals surface area contributed by atoms with E-state index in [2.05, 4.69) is 13.8 Å². The summed E-state index contributed by atoms with van der Waals surface area (Å²) in [5.41, 5.74) is 1.09. The summed E-state index contributed by atoms with van der Waals surface area (Å²) in [6.07, 6.45) is 0. The first-order valence-corrected chi connectivity index (χ1v) is 4.94. The number of hydrogen-bond donors (Lipinski definition) is 0. The zero-order valence-corrected chi connectivity index (χ0v) is 9.96. The van der Waals surface area contributed by atoms with Gasteiger partial charge in [0.05, 0.1) is 21.3 Å². The summed E-state index contributed by atoms with van der Waals surface area (Å²) in [7, 11) is 4.92. The van der Waals surface area contributed by atoms with Crippen LogP contribution < -0.4 is 14.2 Å². The minimum atomic E-state index is 0.365. The molecule has 0 atom stereocenters. The average Bonchev–Trinajstić information content (AvgIpc) is 2.26. The molecule has 0 aliphatic rings.